The third-order valence-corrected chi connectivity index (χ3v) is 10.1. The molecule has 1 saturated heterocycles. The van der Waals surface area contributed by atoms with Crippen molar-refractivity contribution in [2.24, 2.45) is 0 Å². The van der Waals surface area contributed by atoms with Gasteiger partial charge in [0.15, 0.2) is 11.6 Å². The van der Waals surface area contributed by atoms with Gasteiger partial charge in [0.25, 0.3) is 0 Å². The van der Waals surface area contributed by atoms with Crippen LogP contribution in [0.3, 0.4) is 0 Å². The molecule has 3 atom stereocenters. The van der Waals surface area contributed by atoms with Crippen LogP contribution in [0.1, 0.15) is 75.3 Å². The summed E-state index contributed by atoms with van der Waals surface area (Å²) in [6.45, 7) is 7.97. The summed E-state index contributed by atoms with van der Waals surface area (Å²) in [5.41, 5.74) is -0.447. The number of piperazine rings is 1. The van der Waals surface area contributed by atoms with Crippen molar-refractivity contribution in [2.45, 2.75) is 77.1 Å². The Labute approximate surface area is 328 Å². The fourth-order valence-electron chi connectivity index (χ4n) is 7.12. The minimum Gasteiger partial charge on any atom is -0.492 e. The summed E-state index contributed by atoms with van der Waals surface area (Å²) in [4.78, 5) is 68.6. The first-order valence-electron chi connectivity index (χ1n) is 18.7. The Morgan fingerprint density at radius 1 is 1.00 bits per heavy atom. The van der Waals surface area contributed by atoms with Gasteiger partial charge < -0.3 is 39.0 Å². The van der Waals surface area contributed by atoms with Gasteiger partial charge in [0.1, 0.15) is 35.3 Å². The molecule has 2 amide bonds. The number of hydrogen-bond donors (Lipinski definition) is 2. The molecule has 4 aromatic rings. The average molecular weight is 789 g/mol. The number of benzene rings is 3. The van der Waals surface area contributed by atoms with Crippen molar-refractivity contribution in [3.05, 3.63) is 93.8 Å². The highest BCUT2D eigenvalue weighted by atomic mass is 19.1. The molecule has 0 spiro atoms. The van der Waals surface area contributed by atoms with E-state index >= 15 is 8.78 Å². The monoisotopic (exact) mass is 788 g/mol. The van der Waals surface area contributed by atoms with Crippen molar-refractivity contribution in [3.63, 3.8) is 0 Å². The molecule has 1 saturated carbocycles. The van der Waals surface area contributed by atoms with Crippen LogP contribution in [0, 0.1) is 11.6 Å². The van der Waals surface area contributed by atoms with Gasteiger partial charge >= 0.3 is 18.0 Å². The summed E-state index contributed by atoms with van der Waals surface area (Å²) in [7, 11) is 1.35. The van der Waals surface area contributed by atoms with E-state index in [9.17, 15) is 29.1 Å². The van der Waals surface area contributed by atoms with Crippen molar-refractivity contribution in [1.29, 1.82) is 0 Å². The number of esters is 1. The van der Waals surface area contributed by atoms with Crippen molar-refractivity contribution in [2.75, 3.05) is 38.3 Å². The van der Waals surface area contributed by atoms with Gasteiger partial charge in [-0.2, -0.15) is 0 Å². The lowest BCUT2D eigenvalue weighted by Gasteiger charge is -2.42. The predicted octanol–water partition coefficient (Wildman–Crippen LogP) is 6.27. The van der Waals surface area contributed by atoms with Gasteiger partial charge in [-0.05, 0) is 70.7 Å². The van der Waals surface area contributed by atoms with Crippen LogP contribution in [0.5, 0.6) is 5.75 Å². The van der Waals surface area contributed by atoms with Crippen molar-refractivity contribution in [1.82, 2.24) is 14.8 Å². The van der Waals surface area contributed by atoms with E-state index in [1.807, 2.05) is 6.07 Å². The zero-order valence-electron chi connectivity index (χ0n) is 32.6. The highest BCUT2D eigenvalue weighted by Gasteiger charge is 2.37. The minimum absolute atomic E-state index is 0.0535. The summed E-state index contributed by atoms with van der Waals surface area (Å²) in [6.07, 6.45) is 1.86. The molecular formula is C42H46F2N4O9. The molecule has 3 aromatic carbocycles. The fourth-order valence-corrected chi connectivity index (χ4v) is 7.12. The molecule has 2 heterocycles. The van der Waals surface area contributed by atoms with E-state index in [0.29, 0.717) is 16.7 Å². The second kappa shape index (κ2) is 16.2. The first-order valence-corrected chi connectivity index (χ1v) is 18.7. The topological polar surface area (TPSA) is 157 Å². The largest absolute Gasteiger partial charge is 0.492 e. The number of nitrogens with one attached hydrogen (secondary N) is 1. The molecular weight excluding hydrogens is 742 g/mol. The SMILES string of the molecule is COc1c(N2CCN(C(=O)C(COC(=O)C(C)c3ccc(-c4ccccc4)c(F)c3)NC(=O)OC(C)(C)C)C(C)C2)c(F)cc2c(=O)c(C(=O)O)cn(C3CC3)c12. The number of aromatic nitrogens is 1. The van der Waals surface area contributed by atoms with Gasteiger partial charge in [-0.1, -0.05) is 42.5 Å². The van der Waals surface area contributed by atoms with Crippen molar-refractivity contribution < 1.29 is 47.3 Å². The second-order valence-electron chi connectivity index (χ2n) is 15.4. The smallest absolute Gasteiger partial charge is 0.408 e. The average Bonchev–Trinajstić information content (AvgIpc) is 4.01. The zero-order chi connectivity index (χ0) is 41.3. The van der Waals surface area contributed by atoms with Crippen LogP contribution in [-0.4, -0.2) is 89.5 Å². The molecule has 2 aliphatic rings. The third kappa shape index (κ3) is 8.71. The van der Waals surface area contributed by atoms with Gasteiger partial charge in [-0.15, -0.1) is 0 Å². The Balaban J connectivity index is 1.21. The van der Waals surface area contributed by atoms with E-state index < -0.39 is 76.8 Å². The number of hydrogen-bond acceptors (Lipinski definition) is 9. The Bertz CT molecular complexity index is 2270. The Kier molecular flexibility index (Phi) is 11.6. The van der Waals surface area contributed by atoms with Crippen LogP contribution in [0.25, 0.3) is 22.0 Å². The van der Waals surface area contributed by atoms with E-state index in [2.05, 4.69) is 5.32 Å². The molecule has 2 N–H and O–H groups in total. The normalized spacial score (nSPS) is 16.8. The van der Waals surface area contributed by atoms with Gasteiger partial charge in [0.05, 0.1) is 23.9 Å². The number of aromatic carboxylic acids is 1. The number of carbonyl (C=O) groups excluding carboxylic acids is 3. The van der Waals surface area contributed by atoms with Crippen LogP contribution in [0.2, 0.25) is 0 Å². The van der Waals surface area contributed by atoms with Crippen LogP contribution >= 0.6 is 0 Å². The molecule has 1 aliphatic carbocycles. The number of carbonyl (C=O) groups is 4. The molecule has 1 aromatic heterocycles. The maximum absolute atomic E-state index is 16.1. The molecule has 13 nitrogen and oxygen atoms in total. The van der Waals surface area contributed by atoms with Gasteiger partial charge in [-0.25, -0.2) is 18.4 Å². The summed E-state index contributed by atoms with van der Waals surface area (Å²) >= 11 is 0. The zero-order valence-corrected chi connectivity index (χ0v) is 32.6. The van der Waals surface area contributed by atoms with Crippen LogP contribution < -0.4 is 20.4 Å². The lowest BCUT2D eigenvalue weighted by molar-refractivity contribution is -0.148. The van der Waals surface area contributed by atoms with Gasteiger partial charge in [0.2, 0.25) is 11.3 Å². The van der Waals surface area contributed by atoms with Gasteiger partial charge in [0, 0.05) is 43.5 Å². The van der Waals surface area contributed by atoms with E-state index in [1.54, 1.807) is 80.5 Å². The van der Waals surface area contributed by atoms with E-state index in [0.717, 1.165) is 18.9 Å². The number of halogens is 2. The van der Waals surface area contributed by atoms with Crippen molar-refractivity contribution in [3.8, 4) is 16.9 Å². The summed E-state index contributed by atoms with van der Waals surface area (Å²) in [5.74, 6) is -4.91. The second-order valence-corrected chi connectivity index (χ2v) is 15.4. The number of anilines is 1. The lowest BCUT2D eigenvalue weighted by Crippen LogP contribution is -2.60. The predicted molar refractivity (Wildman–Crippen MR) is 208 cm³/mol. The maximum atomic E-state index is 16.1. The highest BCUT2D eigenvalue weighted by molar-refractivity contribution is 5.97. The number of methoxy groups -OCH3 is 1. The summed E-state index contributed by atoms with van der Waals surface area (Å²) in [6, 6.07) is 12.5. The van der Waals surface area contributed by atoms with Crippen LogP contribution in [0.4, 0.5) is 19.3 Å². The Morgan fingerprint density at radius 2 is 1.70 bits per heavy atom. The quantitative estimate of drug-likeness (QED) is 0.166. The Morgan fingerprint density at radius 3 is 2.30 bits per heavy atom. The van der Waals surface area contributed by atoms with E-state index in [4.69, 9.17) is 14.2 Å². The molecule has 6 rings (SSSR count). The molecule has 3 unspecified atom stereocenters. The number of carboxylic acids is 1. The number of alkyl carbamates (subject to hydrolysis) is 1. The molecule has 2 fully saturated rings. The molecule has 0 bridgehead atoms. The number of fused-ring (bicyclic) bond motifs is 1. The number of ether oxygens (including phenoxy) is 3. The summed E-state index contributed by atoms with van der Waals surface area (Å²) < 4.78 is 49.6. The summed E-state index contributed by atoms with van der Waals surface area (Å²) in [5, 5.41) is 12.1. The van der Waals surface area contributed by atoms with Crippen molar-refractivity contribution >= 4 is 40.5 Å². The molecule has 15 heteroatoms. The molecule has 0 radical (unpaired) electrons. The Hall–Kier alpha value is -5.99. The fraction of sp³-hybridized carbons (Fsp3) is 0.405. The van der Waals surface area contributed by atoms with Crippen LogP contribution in [0.15, 0.2) is 65.6 Å². The minimum atomic E-state index is -1.41. The number of nitrogens with zero attached hydrogens (tertiary/aromatic N) is 3. The number of pyridine rings is 1. The maximum Gasteiger partial charge on any atom is 0.408 e. The molecule has 1 aliphatic heterocycles. The molecule has 57 heavy (non-hydrogen) atoms. The highest BCUT2D eigenvalue weighted by Crippen LogP contribution is 2.44. The number of amides is 2. The molecule has 302 valence electrons. The number of rotatable bonds is 11. The first-order chi connectivity index (χ1) is 27.0. The van der Waals surface area contributed by atoms with Crippen LogP contribution in [-0.2, 0) is 19.1 Å². The van der Waals surface area contributed by atoms with E-state index in [-0.39, 0.29) is 48.0 Å². The lowest BCUT2D eigenvalue weighted by atomic mass is 9.97. The third-order valence-electron chi connectivity index (χ3n) is 10.1. The van der Waals surface area contributed by atoms with E-state index in [1.165, 1.54) is 24.3 Å². The van der Waals surface area contributed by atoms with Gasteiger partial charge in [-0.3, -0.25) is 14.4 Å². The first kappa shape index (κ1) is 40.7. The standard InChI is InChI=1S/C42H46F2N4O9/c1-23-20-46(35-32(44)19-29-34(37(35)55-6)48(27-13-14-27)21-30(36(29)49)39(51)52)16-17-47(23)38(50)33(45-41(54)57-42(3,4)5)22-56-40(53)24(2)26-12-15-28(31(43)18-26)25-10-8-7-9-11-25/h7-12,15,18-19,21,23-24,27,33H,13-14,16-17,20,22H2,1-6H3,(H,45,54)(H,51,52). The number of carboxylic acid groups (broad SMARTS) is 1.